The molecule has 6 nitrogen and oxygen atoms in total. The molecule has 0 aliphatic rings. The van der Waals surface area contributed by atoms with Crippen molar-refractivity contribution >= 4 is 0 Å². The fourth-order valence-corrected chi connectivity index (χ4v) is 1.60. The summed E-state index contributed by atoms with van der Waals surface area (Å²) >= 11 is 0. The standard InChI is InChI=1S/C13H20N4O2/c1-10(2)6-14-7-11-4-5-12(19-11)8-18-13-15-9-17(3)16-13/h4-5,9-10,14H,6-8H2,1-3H3. The highest BCUT2D eigenvalue weighted by Crippen LogP contribution is 2.10. The molecule has 0 spiro atoms. The predicted octanol–water partition coefficient (Wildman–Crippen LogP) is 1.73. The van der Waals surface area contributed by atoms with Crippen LogP contribution in [-0.2, 0) is 20.2 Å². The van der Waals surface area contributed by atoms with E-state index in [1.165, 1.54) is 0 Å². The second-order valence-electron chi connectivity index (χ2n) is 4.88. The molecular formula is C13H20N4O2. The van der Waals surface area contributed by atoms with E-state index in [0.29, 0.717) is 18.5 Å². The third kappa shape index (κ3) is 4.40. The van der Waals surface area contributed by atoms with Gasteiger partial charge < -0.3 is 14.5 Å². The van der Waals surface area contributed by atoms with Crippen LogP contribution in [0.1, 0.15) is 25.4 Å². The zero-order valence-corrected chi connectivity index (χ0v) is 11.6. The van der Waals surface area contributed by atoms with Gasteiger partial charge in [0.2, 0.25) is 0 Å². The summed E-state index contributed by atoms with van der Waals surface area (Å²) in [7, 11) is 1.80. The van der Waals surface area contributed by atoms with Crippen molar-refractivity contribution in [2.24, 2.45) is 13.0 Å². The summed E-state index contributed by atoms with van der Waals surface area (Å²) in [6.45, 7) is 6.40. The Morgan fingerprint density at radius 2 is 2.16 bits per heavy atom. The largest absolute Gasteiger partial charge is 0.461 e. The third-order valence-electron chi connectivity index (χ3n) is 2.49. The Morgan fingerprint density at radius 1 is 1.37 bits per heavy atom. The Morgan fingerprint density at radius 3 is 2.84 bits per heavy atom. The average molecular weight is 264 g/mol. The molecule has 2 rings (SSSR count). The SMILES string of the molecule is CC(C)CNCc1ccc(COc2ncn(C)n2)o1. The van der Waals surface area contributed by atoms with E-state index >= 15 is 0 Å². The van der Waals surface area contributed by atoms with E-state index in [-0.39, 0.29) is 0 Å². The molecule has 0 bridgehead atoms. The number of rotatable bonds is 7. The topological polar surface area (TPSA) is 65.1 Å². The third-order valence-corrected chi connectivity index (χ3v) is 2.49. The van der Waals surface area contributed by atoms with Gasteiger partial charge in [-0.05, 0) is 24.6 Å². The van der Waals surface area contributed by atoms with Gasteiger partial charge in [0.1, 0.15) is 24.5 Å². The van der Waals surface area contributed by atoms with Gasteiger partial charge in [0.25, 0.3) is 0 Å². The lowest BCUT2D eigenvalue weighted by atomic mass is 10.2. The van der Waals surface area contributed by atoms with Gasteiger partial charge in [-0.25, -0.2) is 0 Å². The van der Waals surface area contributed by atoms with E-state index in [1.54, 1.807) is 18.1 Å². The van der Waals surface area contributed by atoms with E-state index < -0.39 is 0 Å². The molecule has 0 unspecified atom stereocenters. The molecule has 104 valence electrons. The summed E-state index contributed by atoms with van der Waals surface area (Å²) in [6, 6.07) is 4.23. The zero-order valence-electron chi connectivity index (χ0n) is 11.6. The van der Waals surface area contributed by atoms with Crippen molar-refractivity contribution in [2.45, 2.75) is 27.0 Å². The molecule has 0 aromatic carbocycles. The molecule has 0 radical (unpaired) electrons. The lowest BCUT2D eigenvalue weighted by Gasteiger charge is -2.05. The molecule has 0 aliphatic heterocycles. The molecule has 6 heteroatoms. The molecule has 19 heavy (non-hydrogen) atoms. The highest BCUT2D eigenvalue weighted by atomic mass is 16.5. The van der Waals surface area contributed by atoms with Gasteiger partial charge in [-0.3, -0.25) is 4.68 Å². The van der Waals surface area contributed by atoms with Gasteiger partial charge >= 0.3 is 6.01 Å². The van der Waals surface area contributed by atoms with Crippen LogP contribution in [0.2, 0.25) is 0 Å². The fourth-order valence-electron chi connectivity index (χ4n) is 1.60. The van der Waals surface area contributed by atoms with Crippen molar-refractivity contribution in [1.82, 2.24) is 20.1 Å². The summed E-state index contributed by atoms with van der Waals surface area (Å²) < 4.78 is 12.7. The molecule has 0 aliphatic carbocycles. The van der Waals surface area contributed by atoms with Crippen molar-refractivity contribution in [1.29, 1.82) is 0 Å². The van der Waals surface area contributed by atoms with Gasteiger partial charge in [0.05, 0.1) is 6.54 Å². The summed E-state index contributed by atoms with van der Waals surface area (Å²) in [5.41, 5.74) is 0. The maximum atomic E-state index is 5.64. The number of aromatic nitrogens is 3. The van der Waals surface area contributed by atoms with E-state index in [9.17, 15) is 0 Å². The molecule has 0 saturated carbocycles. The van der Waals surface area contributed by atoms with Crippen molar-refractivity contribution in [3.8, 4) is 6.01 Å². The number of aryl methyl sites for hydroxylation is 1. The van der Waals surface area contributed by atoms with Gasteiger partial charge in [-0.1, -0.05) is 13.8 Å². The maximum absolute atomic E-state index is 5.64. The number of hydrogen-bond donors (Lipinski definition) is 1. The van der Waals surface area contributed by atoms with Crippen molar-refractivity contribution in [3.63, 3.8) is 0 Å². The minimum Gasteiger partial charge on any atom is -0.461 e. The number of hydrogen-bond acceptors (Lipinski definition) is 5. The molecule has 0 atom stereocenters. The van der Waals surface area contributed by atoms with Gasteiger partial charge in [0, 0.05) is 7.05 Å². The van der Waals surface area contributed by atoms with Gasteiger partial charge in [-0.2, -0.15) is 4.98 Å². The first-order valence-corrected chi connectivity index (χ1v) is 6.40. The first kappa shape index (κ1) is 13.6. The number of nitrogens with one attached hydrogen (secondary N) is 1. The Hall–Kier alpha value is -1.82. The Kier molecular flexibility index (Phi) is 4.57. The summed E-state index contributed by atoms with van der Waals surface area (Å²) in [4.78, 5) is 3.98. The van der Waals surface area contributed by atoms with Crippen molar-refractivity contribution in [2.75, 3.05) is 6.54 Å². The normalized spacial score (nSPS) is 11.2. The molecule has 0 amide bonds. The Labute approximate surface area is 112 Å². The zero-order chi connectivity index (χ0) is 13.7. The highest BCUT2D eigenvalue weighted by Gasteiger charge is 2.05. The van der Waals surface area contributed by atoms with Crippen molar-refractivity contribution < 1.29 is 9.15 Å². The fraction of sp³-hybridized carbons (Fsp3) is 0.538. The van der Waals surface area contributed by atoms with Crippen molar-refractivity contribution in [3.05, 3.63) is 30.0 Å². The molecule has 1 N–H and O–H groups in total. The second kappa shape index (κ2) is 6.38. The predicted molar refractivity (Wildman–Crippen MR) is 70.6 cm³/mol. The smallest absolute Gasteiger partial charge is 0.335 e. The minimum atomic E-state index is 0.341. The lowest BCUT2D eigenvalue weighted by molar-refractivity contribution is 0.245. The number of furan rings is 1. The monoisotopic (exact) mass is 264 g/mol. The number of ether oxygens (including phenoxy) is 1. The Balaban J connectivity index is 1.77. The van der Waals surface area contributed by atoms with Crippen LogP contribution in [-0.4, -0.2) is 21.3 Å². The van der Waals surface area contributed by atoms with E-state index in [4.69, 9.17) is 9.15 Å². The molecule has 0 saturated heterocycles. The van der Waals surface area contributed by atoms with E-state index in [2.05, 4.69) is 29.2 Å². The van der Waals surface area contributed by atoms with E-state index in [1.807, 2.05) is 12.1 Å². The summed E-state index contributed by atoms with van der Waals surface area (Å²) in [5.74, 6) is 2.31. The second-order valence-corrected chi connectivity index (χ2v) is 4.88. The molecule has 2 aromatic heterocycles. The van der Waals surface area contributed by atoms with Crippen LogP contribution < -0.4 is 10.1 Å². The Bertz CT molecular complexity index is 504. The number of nitrogens with zero attached hydrogens (tertiary/aromatic N) is 3. The van der Waals surface area contributed by atoms with Crippen LogP contribution in [0.15, 0.2) is 22.9 Å². The molecule has 2 aromatic rings. The van der Waals surface area contributed by atoms with Crippen LogP contribution in [0, 0.1) is 5.92 Å². The van der Waals surface area contributed by atoms with Crippen LogP contribution >= 0.6 is 0 Å². The van der Waals surface area contributed by atoms with Crippen LogP contribution in [0.25, 0.3) is 0 Å². The first-order valence-electron chi connectivity index (χ1n) is 6.40. The molecule has 0 fully saturated rings. The highest BCUT2D eigenvalue weighted by molar-refractivity contribution is 5.07. The van der Waals surface area contributed by atoms with Gasteiger partial charge in [-0.15, -0.1) is 5.10 Å². The van der Waals surface area contributed by atoms with E-state index in [0.717, 1.165) is 24.6 Å². The minimum absolute atomic E-state index is 0.341. The average Bonchev–Trinajstić information content (AvgIpc) is 2.95. The van der Waals surface area contributed by atoms with Gasteiger partial charge in [0.15, 0.2) is 0 Å². The summed E-state index contributed by atoms with van der Waals surface area (Å²) in [6.07, 6.45) is 1.60. The quantitative estimate of drug-likeness (QED) is 0.825. The summed E-state index contributed by atoms with van der Waals surface area (Å²) in [5, 5.41) is 7.36. The molecule has 2 heterocycles. The first-order chi connectivity index (χ1) is 9.13. The van der Waals surface area contributed by atoms with Crippen LogP contribution in [0.5, 0.6) is 6.01 Å². The maximum Gasteiger partial charge on any atom is 0.335 e. The lowest BCUT2D eigenvalue weighted by Crippen LogP contribution is -2.18. The van der Waals surface area contributed by atoms with Crippen LogP contribution in [0.3, 0.4) is 0 Å². The van der Waals surface area contributed by atoms with Crippen LogP contribution in [0.4, 0.5) is 0 Å². The molecular weight excluding hydrogens is 244 g/mol.